The fourth-order valence-electron chi connectivity index (χ4n) is 10.1. The number of ketones is 1. The molecule has 4 nitrogen and oxygen atoms in total. The Balaban J connectivity index is 1.23. The molecule has 0 aromatic heterocycles. The van der Waals surface area contributed by atoms with Crippen molar-refractivity contribution in [3.05, 3.63) is 11.6 Å². The van der Waals surface area contributed by atoms with Crippen molar-refractivity contribution in [2.24, 2.45) is 46.3 Å². The van der Waals surface area contributed by atoms with Gasteiger partial charge >= 0.3 is 0 Å². The van der Waals surface area contributed by atoms with Crippen molar-refractivity contribution in [2.45, 2.75) is 136 Å². The first-order chi connectivity index (χ1) is 17.6. The molecule has 2 aliphatic heterocycles. The number of hydrogen-bond donors (Lipinski definition) is 0. The highest BCUT2D eigenvalue weighted by Gasteiger charge is 2.69. The van der Waals surface area contributed by atoms with Crippen molar-refractivity contribution in [3.63, 3.8) is 0 Å². The predicted octanol–water partition coefficient (Wildman–Crippen LogP) is 7.92. The van der Waals surface area contributed by atoms with Gasteiger partial charge in [0.25, 0.3) is 0 Å². The molecule has 0 N–H and O–H groups in total. The van der Waals surface area contributed by atoms with E-state index in [9.17, 15) is 4.79 Å². The molecule has 2 saturated heterocycles. The number of ether oxygens (including phenoxy) is 2. The number of fused-ring (bicyclic) bond motifs is 7. The van der Waals surface area contributed by atoms with Gasteiger partial charge in [-0.15, -0.1) is 0 Å². The van der Waals surface area contributed by atoms with Crippen LogP contribution in [0.3, 0.4) is 0 Å². The van der Waals surface area contributed by atoms with E-state index < -0.39 is 8.32 Å². The second-order valence-electron chi connectivity index (χ2n) is 16.5. The molecule has 11 atom stereocenters. The monoisotopic (exact) mass is 542 g/mol. The molecule has 6 rings (SSSR count). The summed E-state index contributed by atoms with van der Waals surface area (Å²) in [5, 5.41) is 0.211. The van der Waals surface area contributed by atoms with Crippen LogP contribution in [0.5, 0.6) is 0 Å². The van der Waals surface area contributed by atoms with Crippen LogP contribution in [0.25, 0.3) is 0 Å². The summed E-state index contributed by atoms with van der Waals surface area (Å²) in [4.78, 5) is 14.0. The summed E-state index contributed by atoms with van der Waals surface area (Å²) < 4.78 is 20.3. The topological polar surface area (TPSA) is 44.8 Å². The predicted molar refractivity (Wildman–Crippen MR) is 154 cm³/mol. The molecule has 3 unspecified atom stereocenters. The Morgan fingerprint density at radius 2 is 1.76 bits per heavy atom. The highest BCUT2D eigenvalue weighted by molar-refractivity contribution is 6.74. The zero-order chi connectivity index (χ0) is 27.5. The Kier molecular flexibility index (Phi) is 6.37. The number of carbonyl (C=O) groups is 1. The molecule has 3 saturated carbocycles. The first kappa shape index (κ1) is 27.7. The fraction of sp³-hybridized carbons (Fsp3) is 0.909. The van der Waals surface area contributed by atoms with Crippen LogP contribution >= 0.6 is 0 Å². The molecule has 0 amide bonds. The highest BCUT2D eigenvalue weighted by atomic mass is 28.4. The minimum Gasteiger partial charge on any atom is -0.414 e. The van der Waals surface area contributed by atoms with Crippen LogP contribution in [-0.4, -0.2) is 38.7 Å². The van der Waals surface area contributed by atoms with Crippen LogP contribution in [0.15, 0.2) is 11.6 Å². The van der Waals surface area contributed by atoms with Gasteiger partial charge in [-0.25, -0.2) is 0 Å². The Bertz CT molecular complexity index is 1000. The molecule has 2 heterocycles. The van der Waals surface area contributed by atoms with Gasteiger partial charge < -0.3 is 13.9 Å². The highest BCUT2D eigenvalue weighted by Crippen LogP contribution is 2.70. The second-order valence-corrected chi connectivity index (χ2v) is 21.2. The third kappa shape index (κ3) is 3.87. The lowest BCUT2D eigenvalue weighted by Crippen LogP contribution is -2.55. The van der Waals surface area contributed by atoms with E-state index in [1.165, 1.54) is 24.8 Å². The minimum atomic E-state index is -1.83. The summed E-state index contributed by atoms with van der Waals surface area (Å²) in [5.74, 6) is 2.61. The van der Waals surface area contributed by atoms with E-state index >= 15 is 0 Å². The fourth-order valence-corrected chi connectivity index (χ4v) is 11.5. The lowest BCUT2D eigenvalue weighted by atomic mass is 9.46. The maximum atomic E-state index is 14.0. The second kappa shape index (κ2) is 8.75. The molecule has 5 fully saturated rings. The third-order valence-electron chi connectivity index (χ3n) is 13.4. The van der Waals surface area contributed by atoms with Crippen molar-refractivity contribution in [1.29, 1.82) is 0 Å². The number of carbonyl (C=O) groups excluding carboxylic acids is 1. The lowest BCUT2D eigenvalue weighted by molar-refractivity contribution is -0.272. The van der Waals surface area contributed by atoms with Crippen LogP contribution in [0.2, 0.25) is 18.1 Å². The molecule has 1 spiro atoms. The molecule has 38 heavy (non-hydrogen) atoms. The number of rotatable bonds is 2. The largest absolute Gasteiger partial charge is 0.414 e. The van der Waals surface area contributed by atoms with Gasteiger partial charge in [-0.2, -0.15) is 0 Å². The molecule has 4 aliphatic carbocycles. The molecule has 0 aromatic carbocycles. The van der Waals surface area contributed by atoms with E-state index in [-0.39, 0.29) is 39.8 Å². The average molecular weight is 543 g/mol. The number of allylic oxidation sites excluding steroid dienone is 1. The maximum absolute atomic E-state index is 14.0. The third-order valence-corrected chi connectivity index (χ3v) is 18.0. The van der Waals surface area contributed by atoms with E-state index in [1.54, 1.807) is 0 Å². The van der Waals surface area contributed by atoms with E-state index in [0.29, 0.717) is 35.4 Å². The summed E-state index contributed by atoms with van der Waals surface area (Å²) in [7, 11) is -1.83. The zero-order valence-electron chi connectivity index (χ0n) is 25.7. The summed E-state index contributed by atoms with van der Waals surface area (Å²) >= 11 is 0. The van der Waals surface area contributed by atoms with E-state index in [2.05, 4.69) is 67.6 Å². The summed E-state index contributed by atoms with van der Waals surface area (Å²) in [6.07, 6.45) is 11.5. The molecule has 6 aliphatic rings. The minimum absolute atomic E-state index is 0.140. The molecule has 5 heteroatoms. The average Bonchev–Trinajstić information content (AvgIpc) is 3.26. The lowest BCUT2D eigenvalue weighted by Gasteiger charge is -2.58. The van der Waals surface area contributed by atoms with Crippen LogP contribution in [0.1, 0.15) is 99.8 Å². The Hall–Kier alpha value is -0.493. The smallest absolute Gasteiger partial charge is 0.192 e. The van der Waals surface area contributed by atoms with Gasteiger partial charge in [-0.3, -0.25) is 4.79 Å². The standard InChI is InChI=1S/C33H54O4Si/c1-20-10-15-33(35-19-20)21(2)29-27(36-33)18-25-28-24(12-14-32(25,29)7)31(6)13-11-23(16-22(31)17-26(28)34)37-38(8,9)30(3,4)5/h17,20-21,23-25,27-29H,10-16,18-19H2,1-9H3/t20?,21-,23?,24-,25-,27-,28?,29-,31-,32-,33+/m0/s1. The molecule has 0 aromatic rings. The van der Waals surface area contributed by atoms with Crippen molar-refractivity contribution in [2.75, 3.05) is 6.61 Å². The van der Waals surface area contributed by atoms with Gasteiger partial charge in [0, 0.05) is 24.4 Å². The molecule has 0 bridgehead atoms. The van der Waals surface area contributed by atoms with Gasteiger partial charge in [0.15, 0.2) is 19.9 Å². The van der Waals surface area contributed by atoms with Gasteiger partial charge in [0.2, 0.25) is 0 Å². The van der Waals surface area contributed by atoms with Crippen molar-refractivity contribution in [1.82, 2.24) is 0 Å². The Morgan fingerprint density at radius 3 is 2.42 bits per heavy atom. The van der Waals surface area contributed by atoms with Gasteiger partial charge in [0.1, 0.15) is 0 Å². The first-order valence-electron chi connectivity index (χ1n) is 15.9. The van der Waals surface area contributed by atoms with Crippen molar-refractivity contribution < 1.29 is 18.7 Å². The van der Waals surface area contributed by atoms with Crippen LogP contribution in [0, 0.1) is 46.3 Å². The van der Waals surface area contributed by atoms with Gasteiger partial charge in [-0.1, -0.05) is 54.0 Å². The van der Waals surface area contributed by atoms with Gasteiger partial charge in [-0.05, 0) is 104 Å². The Labute approximate surface area is 233 Å². The first-order valence-corrected chi connectivity index (χ1v) is 18.8. The quantitative estimate of drug-likeness (QED) is 0.332. The molecule has 0 radical (unpaired) electrons. The number of hydrogen-bond acceptors (Lipinski definition) is 4. The van der Waals surface area contributed by atoms with E-state index in [4.69, 9.17) is 13.9 Å². The summed E-state index contributed by atoms with van der Waals surface area (Å²) in [6.45, 7) is 22.2. The van der Waals surface area contributed by atoms with Crippen LogP contribution < -0.4 is 0 Å². The van der Waals surface area contributed by atoms with Crippen LogP contribution in [0.4, 0.5) is 0 Å². The van der Waals surface area contributed by atoms with Crippen LogP contribution in [-0.2, 0) is 18.7 Å². The maximum Gasteiger partial charge on any atom is 0.192 e. The van der Waals surface area contributed by atoms with E-state index in [1.807, 2.05) is 0 Å². The zero-order valence-corrected chi connectivity index (χ0v) is 26.7. The molecular formula is C33H54O4Si. The molecule has 214 valence electrons. The summed E-state index contributed by atoms with van der Waals surface area (Å²) in [5.41, 5.74) is 1.70. The van der Waals surface area contributed by atoms with Crippen molar-refractivity contribution in [3.8, 4) is 0 Å². The van der Waals surface area contributed by atoms with E-state index in [0.717, 1.165) is 38.7 Å². The van der Waals surface area contributed by atoms with Gasteiger partial charge in [0.05, 0.1) is 12.7 Å². The normalized spacial score (nSPS) is 50.8. The Morgan fingerprint density at radius 1 is 1.03 bits per heavy atom. The summed E-state index contributed by atoms with van der Waals surface area (Å²) in [6, 6.07) is 0. The SMILES string of the molecule is CC1CC[C@@]2(OC1)O[C@H]1C[C@H]3C4C(=O)C=C5CC(O[Si](C)(C)C(C)(C)C)CC[C@]5(C)[C@H]4CC[C@]3(C)[C@H]1[C@@H]2C. The van der Waals surface area contributed by atoms with Crippen molar-refractivity contribution >= 4 is 14.1 Å². The molecular weight excluding hydrogens is 488 g/mol.